The third-order valence-corrected chi connectivity index (χ3v) is 6.67. The Labute approximate surface area is 207 Å². The number of ketones is 1. The lowest BCUT2D eigenvalue weighted by Gasteiger charge is -2.27. The van der Waals surface area contributed by atoms with Gasteiger partial charge in [-0.3, -0.25) is 19.7 Å². The quantitative estimate of drug-likeness (QED) is 0.320. The van der Waals surface area contributed by atoms with E-state index in [0.717, 1.165) is 0 Å². The fourth-order valence-electron chi connectivity index (χ4n) is 4.61. The molecule has 1 unspecified atom stereocenters. The summed E-state index contributed by atoms with van der Waals surface area (Å²) in [5.74, 6) is -2.06. The first-order valence-electron chi connectivity index (χ1n) is 12.4. The van der Waals surface area contributed by atoms with E-state index in [1.165, 1.54) is 6.08 Å². The molecule has 0 saturated carbocycles. The molecule has 35 heavy (non-hydrogen) atoms. The predicted octanol–water partition coefficient (Wildman–Crippen LogP) is 3.19. The van der Waals surface area contributed by atoms with Crippen molar-refractivity contribution in [2.24, 2.45) is 17.8 Å². The summed E-state index contributed by atoms with van der Waals surface area (Å²) in [6.07, 6.45) is 9.96. The number of nitrogens with one attached hydrogen (secondary N) is 1. The van der Waals surface area contributed by atoms with Crippen molar-refractivity contribution in [3.05, 3.63) is 36.0 Å². The van der Waals surface area contributed by atoms with Gasteiger partial charge < -0.3 is 14.6 Å². The van der Waals surface area contributed by atoms with Gasteiger partial charge in [-0.05, 0) is 44.1 Å². The molecule has 2 rings (SSSR count). The van der Waals surface area contributed by atoms with Gasteiger partial charge in [-0.1, -0.05) is 38.2 Å². The number of hydrogen-bond acceptors (Lipinski definition) is 7. The summed E-state index contributed by atoms with van der Waals surface area (Å²) in [6, 6.07) is 0. The molecule has 5 atom stereocenters. The number of rotatable bonds is 7. The third-order valence-electron chi connectivity index (χ3n) is 6.67. The van der Waals surface area contributed by atoms with Gasteiger partial charge in [0.05, 0.1) is 12.0 Å². The Bertz CT molecular complexity index is 844. The standard InChI is InChI=1S/C27H39NO7/c1-17-14-18(2)27(35-25(32)13-8-6-5-7-12-22(34-4)26(17)33)19(3)21(29)11-9-10-20-15-23(30)28-24(31)16-20/h7-8,12-14,17,19-20,22,26-27,33H,5-6,9-11,15-16H2,1-4H3,(H,28,30,31)/t17-,19-,22+,26+,27?/m1/s1. The smallest absolute Gasteiger partial charge is 0.331 e. The lowest BCUT2D eigenvalue weighted by Crippen LogP contribution is -2.38. The Morgan fingerprint density at radius 1 is 1.20 bits per heavy atom. The number of carbonyl (C=O) groups excluding carboxylic acids is 4. The molecule has 8 heteroatoms. The number of Topliss-reactive ketones (excluding diaryl/α,β-unsaturated/α-hetero) is 1. The van der Waals surface area contributed by atoms with Gasteiger partial charge in [0.15, 0.2) is 0 Å². The van der Waals surface area contributed by atoms with Crippen molar-refractivity contribution < 1.29 is 33.8 Å². The highest BCUT2D eigenvalue weighted by atomic mass is 16.5. The number of carbonyl (C=O) groups is 4. The molecule has 2 heterocycles. The Kier molecular flexibility index (Phi) is 11.5. The van der Waals surface area contributed by atoms with E-state index in [0.29, 0.717) is 44.1 Å². The Morgan fingerprint density at radius 3 is 2.51 bits per heavy atom. The summed E-state index contributed by atoms with van der Waals surface area (Å²) in [5.41, 5.74) is 0.685. The van der Waals surface area contributed by atoms with Crippen LogP contribution in [0.4, 0.5) is 0 Å². The second kappa shape index (κ2) is 14.1. The molecular weight excluding hydrogens is 450 g/mol. The van der Waals surface area contributed by atoms with Crippen LogP contribution >= 0.6 is 0 Å². The van der Waals surface area contributed by atoms with Crippen LogP contribution < -0.4 is 5.32 Å². The zero-order chi connectivity index (χ0) is 26.0. The zero-order valence-electron chi connectivity index (χ0n) is 21.2. The number of esters is 1. The first-order chi connectivity index (χ1) is 16.6. The number of imide groups is 1. The molecule has 2 N–H and O–H groups in total. The van der Waals surface area contributed by atoms with Crippen LogP contribution in [0.1, 0.15) is 65.7 Å². The van der Waals surface area contributed by atoms with Crippen LogP contribution in [0.3, 0.4) is 0 Å². The number of cyclic esters (lactones) is 1. The van der Waals surface area contributed by atoms with Crippen molar-refractivity contribution in [3.8, 4) is 0 Å². The predicted molar refractivity (Wildman–Crippen MR) is 131 cm³/mol. The first-order valence-corrected chi connectivity index (χ1v) is 12.4. The molecule has 1 fully saturated rings. The number of hydrogen-bond donors (Lipinski definition) is 2. The lowest BCUT2D eigenvalue weighted by molar-refractivity contribution is -0.145. The van der Waals surface area contributed by atoms with Crippen molar-refractivity contribution in [3.63, 3.8) is 0 Å². The van der Waals surface area contributed by atoms with Gasteiger partial charge in [-0.2, -0.15) is 0 Å². The van der Waals surface area contributed by atoms with E-state index in [2.05, 4.69) is 5.32 Å². The molecule has 1 saturated heterocycles. The van der Waals surface area contributed by atoms with Crippen molar-refractivity contribution >= 4 is 23.6 Å². The summed E-state index contributed by atoms with van der Waals surface area (Å²) in [6.45, 7) is 5.39. The molecule has 0 aliphatic carbocycles. The fourth-order valence-corrected chi connectivity index (χ4v) is 4.61. The van der Waals surface area contributed by atoms with Gasteiger partial charge in [-0.15, -0.1) is 0 Å². The van der Waals surface area contributed by atoms with E-state index in [9.17, 15) is 24.3 Å². The number of ether oxygens (including phenoxy) is 2. The molecule has 0 aromatic carbocycles. The van der Waals surface area contributed by atoms with Gasteiger partial charge in [0.1, 0.15) is 18.0 Å². The maximum Gasteiger partial charge on any atom is 0.331 e. The number of methoxy groups -OCH3 is 1. The molecule has 0 aromatic rings. The van der Waals surface area contributed by atoms with Crippen molar-refractivity contribution in [2.75, 3.05) is 7.11 Å². The summed E-state index contributed by atoms with van der Waals surface area (Å²) in [7, 11) is 1.55. The minimum Gasteiger partial charge on any atom is -0.454 e. The fraction of sp³-hybridized carbons (Fsp3) is 0.630. The summed E-state index contributed by atoms with van der Waals surface area (Å²) in [5, 5.41) is 13.1. The Morgan fingerprint density at radius 2 is 1.86 bits per heavy atom. The Balaban J connectivity index is 2.11. The number of aliphatic hydroxyl groups excluding tert-OH is 1. The summed E-state index contributed by atoms with van der Waals surface area (Å²) < 4.78 is 11.1. The molecule has 0 spiro atoms. The molecule has 8 nitrogen and oxygen atoms in total. The molecule has 0 aromatic heterocycles. The maximum absolute atomic E-state index is 13.0. The monoisotopic (exact) mass is 489 g/mol. The van der Waals surface area contributed by atoms with E-state index in [-0.39, 0.29) is 35.9 Å². The van der Waals surface area contributed by atoms with Crippen molar-refractivity contribution in [2.45, 2.75) is 84.0 Å². The summed E-state index contributed by atoms with van der Waals surface area (Å²) in [4.78, 5) is 48.6. The van der Waals surface area contributed by atoms with E-state index in [1.807, 2.05) is 25.2 Å². The number of piperidine rings is 1. The van der Waals surface area contributed by atoms with Crippen LogP contribution in [0, 0.1) is 17.8 Å². The van der Waals surface area contributed by atoms with E-state index >= 15 is 0 Å². The van der Waals surface area contributed by atoms with E-state index in [4.69, 9.17) is 9.47 Å². The average Bonchev–Trinajstić information content (AvgIpc) is 2.79. The second-order valence-corrected chi connectivity index (χ2v) is 9.62. The largest absolute Gasteiger partial charge is 0.454 e. The number of amides is 2. The highest BCUT2D eigenvalue weighted by molar-refractivity contribution is 5.97. The molecule has 2 amide bonds. The first kappa shape index (κ1) is 28.7. The second-order valence-electron chi connectivity index (χ2n) is 9.62. The normalized spacial score (nSPS) is 28.0. The molecule has 0 bridgehead atoms. The highest BCUT2D eigenvalue weighted by Crippen LogP contribution is 2.25. The van der Waals surface area contributed by atoms with E-state index < -0.39 is 30.2 Å². The van der Waals surface area contributed by atoms with E-state index in [1.54, 1.807) is 27.0 Å². The molecule has 2 aliphatic rings. The highest BCUT2D eigenvalue weighted by Gasteiger charge is 2.31. The molecular formula is C27H39NO7. The van der Waals surface area contributed by atoms with Gasteiger partial charge in [0, 0.05) is 38.4 Å². The minimum atomic E-state index is -0.803. The van der Waals surface area contributed by atoms with Gasteiger partial charge >= 0.3 is 5.97 Å². The molecule has 194 valence electrons. The van der Waals surface area contributed by atoms with Crippen LogP contribution in [0.5, 0.6) is 0 Å². The zero-order valence-corrected chi connectivity index (χ0v) is 21.2. The topological polar surface area (TPSA) is 119 Å². The SMILES string of the molecule is CO[C@H]1C=CCCC=CC(=O)OC([C@H](C)C(=O)CCCC2CC(=O)NC(=O)C2)C(C)=C[C@@H](C)[C@@H]1O. The van der Waals surface area contributed by atoms with Gasteiger partial charge in [-0.25, -0.2) is 4.79 Å². The lowest BCUT2D eigenvalue weighted by atomic mass is 9.86. The molecule has 0 radical (unpaired) electrons. The van der Waals surface area contributed by atoms with Crippen LogP contribution in [0.2, 0.25) is 0 Å². The average molecular weight is 490 g/mol. The van der Waals surface area contributed by atoms with Crippen LogP contribution in [-0.2, 0) is 28.7 Å². The van der Waals surface area contributed by atoms with Crippen LogP contribution in [-0.4, -0.2) is 54.1 Å². The maximum atomic E-state index is 13.0. The molecule has 2 aliphatic heterocycles. The Hall–Kier alpha value is -2.58. The minimum absolute atomic E-state index is 0.0524. The van der Waals surface area contributed by atoms with Crippen molar-refractivity contribution in [1.82, 2.24) is 5.32 Å². The van der Waals surface area contributed by atoms with Gasteiger partial charge in [0.2, 0.25) is 11.8 Å². The summed E-state index contributed by atoms with van der Waals surface area (Å²) >= 11 is 0. The van der Waals surface area contributed by atoms with Gasteiger partial charge in [0.25, 0.3) is 0 Å². The number of aliphatic hydroxyl groups is 1. The van der Waals surface area contributed by atoms with Crippen LogP contribution in [0.15, 0.2) is 36.0 Å². The number of allylic oxidation sites excluding steroid dienone is 2. The van der Waals surface area contributed by atoms with Crippen molar-refractivity contribution in [1.29, 1.82) is 0 Å². The third kappa shape index (κ3) is 9.18. The van der Waals surface area contributed by atoms with Crippen LogP contribution in [0.25, 0.3) is 0 Å².